The minimum atomic E-state index is -0.0283. The van der Waals surface area contributed by atoms with Crippen LogP contribution in [0.4, 0.5) is 0 Å². The molecule has 158 valence electrons. The molecule has 6 heteroatoms. The highest BCUT2D eigenvalue weighted by atomic mass is 35.5. The fourth-order valence-electron chi connectivity index (χ4n) is 4.28. The predicted octanol–water partition coefficient (Wildman–Crippen LogP) is 3.69. The quantitative estimate of drug-likeness (QED) is 0.610. The van der Waals surface area contributed by atoms with E-state index in [-0.39, 0.29) is 11.5 Å². The largest absolute Gasteiger partial charge is 0.493 e. The molecule has 2 aliphatic rings. The van der Waals surface area contributed by atoms with E-state index in [1.807, 2.05) is 0 Å². The number of hydrogen-bond acceptors (Lipinski definition) is 5. The molecule has 28 heavy (non-hydrogen) atoms. The van der Waals surface area contributed by atoms with Crippen molar-refractivity contribution in [2.45, 2.75) is 38.2 Å². The number of piperazine rings is 1. The second-order valence-electron chi connectivity index (χ2n) is 8.49. The standard InChI is InChI=1S/C22H35ClN2O3/c1-22(2)16-28-19(17-14-20(26-3)21(27-4)15-18(17)22)6-9-25-12-10-24(11-13-25)8-5-7-23/h14-15,19H,5-13,16H2,1-4H3. The van der Waals surface area contributed by atoms with E-state index in [1.54, 1.807) is 14.2 Å². The molecule has 1 unspecified atom stereocenters. The van der Waals surface area contributed by atoms with E-state index in [0.29, 0.717) is 0 Å². The van der Waals surface area contributed by atoms with Crippen LogP contribution in [-0.4, -0.2) is 75.8 Å². The lowest BCUT2D eigenvalue weighted by Crippen LogP contribution is -2.47. The van der Waals surface area contributed by atoms with Gasteiger partial charge in [0.05, 0.1) is 26.9 Å². The summed E-state index contributed by atoms with van der Waals surface area (Å²) in [5.41, 5.74) is 2.53. The van der Waals surface area contributed by atoms with Crippen molar-refractivity contribution in [2.24, 2.45) is 0 Å². The van der Waals surface area contributed by atoms with Crippen molar-refractivity contribution < 1.29 is 14.2 Å². The summed E-state index contributed by atoms with van der Waals surface area (Å²) in [5.74, 6) is 2.33. The molecular weight excluding hydrogens is 376 g/mol. The molecule has 0 bridgehead atoms. The summed E-state index contributed by atoms with van der Waals surface area (Å²) in [6.45, 7) is 11.9. The Balaban J connectivity index is 1.65. The predicted molar refractivity (Wildman–Crippen MR) is 114 cm³/mol. The Bertz CT molecular complexity index is 645. The van der Waals surface area contributed by atoms with Crippen molar-refractivity contribution in [3.8, 4) is 11.5 Å². The first-order valence-electron chi connectivity index (χ1n) is 10.4. The van der Waals surface area contributed by atoms with Gasteiger partial charge in [0.25, 0.3) is 0 Å². The molecule has 0 N–H and O–H groups in total. The first kappa shape index (κ1) is 21.7. The van der Waals surface area contributed by atoms with Crippen LogP contribution in [0.25, 0.3) is 0 Å². The highest BCUT2D eigenvalue weighted by molar-refractivity contribution is 6.17. The SMILES string of the molecule is COc1cc2c(cc1OC)C(C)(C)COC2CCN1CCN(CCCCl)CC1. The number of hydrogen-bond donors (Lipinski definition) is 0. The summed E-state index contributed by atoms with van der Waals surface area (Å²) in [6, 6.07) is 4.25. The van der Waals surface area contributed by atoms with Crippen LogP contribution >= 0.6 is 11.6 Å². The lowest BCUT2D eigenvalue weighted by atomic mass is 9.78. The molecule has 2 heterocycles. The summed E-state index contributed by atoms with van der Waals surface area (Å²) in [4.78, 5) is 5.08. The van der Waals surface area contributed by atoms with Gasteiger partial charge in [0, 0.05) is 44.0 Å². The average Bonchev–Trinajstić information content (AvgIpc) is 2.71. The second-order valence-corrected chi connectivity index (χ2v) is 8.87. The highest BCUT2D eigenvalue weighted by Crippen LogP contribution is 2.44. The van der Waals surface area contributed by atoms with Gasteiger partial charge < -0.3 is 24.0 Å². The topological polar surface area (TPSA) is 34.2 Å². The van der Waals surface area contributed by atoms with Gasteiger partial charge in [0.2, 0.25) is 0 Å². The molecule has 1 fully saturated rings. The van der Waals surface area contributed by atoms with Crippen molar-refractivity contribution in [3.63, 3.8) is 0 Å². The smallest absolute Gasteiger partial charge is 0.161 e. The minimum absolute atomic E-state index is 0.0283. The third-order valence-electron chi connectivity index (χ3n) is 6.06. The van der Waals surface area contributed by atoms with Crippen LogP contribution in [0, 0.1) is 0 Å². The van der Waals surface area contributed by atoms with E-state index in [0.717, 1.165) is 76.1 Å². The van der Waals surface area contributed by atoms with Crippen LogP contribution in [0.5, 0.6) is 11.5 Å². The normalized spacial score (nSPS) is 22.7. The molecule has 0 saturated carbocycles. The van der Waals surface area contributed by atoms with Gasteiger partial charge in [-0.2, -0.15) is 0 Å². The maximum Gasteiger partial charge on any atom is 0.161 e. The monoisotopic (exact) mass is 410 g/mol. The van der Waals surface area contributed by atoms with Gasteiger partial charge in [-0.15, -0.1) is 11.6 Å². The third-order valence-corrected chi connectivity index (χ3v) is 6.32. The van der Waals surface area contributed by atoms with Crippen molar-refractivity contribution in [1.82, 2.24) is 9.80 Å². The van der Waals surface area contributed by atoms with E-state index >= 15 is 0 Å². The van der Waals surface area contributed by atoms with Gasteiger partial charge in [-0.25, -0.2) is 0 Å². The van der Waals surface area contributed by atoms with Gasteiger partial charge in [0.15, 0.2) is 11.5 Å². The summed E-state index contributed by atoms with van der Waals surface area (Å²) < 4.78 is 17.4. The van der Waals surface area contributed by atoms with Crippen LogP contribution in [0.3, 0.4) is 0 Å². The Kier molecular flexibility index (Phi) is 7.48. The third kappa shape index (κ3) is 4.93. The van der Waals surface area contributed by atoms with E-state index in [4.69, 9.17) is 25.8 Å². The first-order valence-corrected chi connectivity index (χ1v) is 10.9. The van der Waals surface area contributed by atoms with Crippen molar-refractivity contribution in [1.29, 1.82) is 0 Å². The Hall–Kier alpha value is -1.01. The Labute approximate surface area is 174 Å². The van der Waals surface area contributed by atoms with Gasteiger partial charge in [-0.1, -0.05) is 13.8 Å². The molecule has 1 saturated heterocycles. The zero-order valence-corrected chi connectivity index (χ0v) is 18.6. The van der Waals surface area contributed by atoms with E-state index in [1.165, 1.54) is 11.1 Å². The zero-order chi connectivity index (χ0) is 20.1. The van der Waals surface area contributed by atoms with Crippen LogP contribution in [0.1, 0.15) is 43.9 Å². The van der Waals surface area contributed by atoms with Crippen molar-refractivity contribution in [2.75, 3.05) is 66.0 Å². The molecule has 1 aromatic rings. The maximum absolute atomic E-state index is 6.31. The number of halogens is 1. The molecule has 2 aliphatic heterocycles. The number of rotatable bonds is 8. The highest BCUT2D eigenvalue weighted by Gasteiger charge is 2.35. The van der Waals surface area contributed by atoms with Crippen LogP contribution < -0.4 is 9.47 Å². The Morgan fingerprint density at radius 2 is 1.64 bits per heavy atom. The molecule has 5 nitrogen and oxygen atoms in total. The van der Waals surface area contributed by atoms with Crippen molar-refractivity contribution >= 4 is 11.6 Å². The van der Waals surface area contributed by atoms with E-state index in [2.05, 4.69) is 35.8 Å². The van der Waals surface area contributed by atoms with E-state index < -0.39 is 0 Å². The number of nitrogens with zero attached hydrogens (tertiary/aromatic N) is 2. The Morgan fingerprint density at radius 3 is 2.25 bits per heavy atom. The molecule has 3 rings (SSSR count). The first-order chi connectivity index (χ1) is 13.5. The molecule has 1 atom stereocenters. The Morgan fingerprint density at radius 1 is 1.04 bits per heavy atom. The lowest BCUT2D eigenvalue weighted by molar-refractivity contribution is -0.00575. The minimum Gasteiger partial charge on any atom is -0.493 e. The zero-order valence-electron chi connectivity index (χ0n) is 17.8. The maximum atomic E-state index is 6.31. The molecule has 0 radical (unpaired) electrons. The number of methoxy groups -OCH3 is 2. The van der Waals surface area contributed by atoms with Crippen LogP contribution in [0.2, 0.25) is 0 Å². The average molecular weight is 411 g/mol. The number of fused-ring (bicyclic) bond motifs is 1. The molecule has 0 aliphatic carbocycles. The van der Waals surface area contributed by atoms with E-state index in [9.17, 15) is 0 Å². The molecule has 1 aromatic carbocycles. The summed E-state index contributed by atoms with van der Waals surface area (Å²) in [6.07, 6.45) is 2.19. The van der Waals surface area contributed by atoms with Crippen LogP contribution in [0.15, 0.2) is 12.1 Å². The lowest BCUT2D eigenvalue weighted by Gasteiger charge is -2.39. The summed E-state index contributed by atoms with van der Waals surface area (Å²) in [5, 5.41) is 0. The summed E-state index contributed by atoms with van der Waals surface area (Å²) >= 11 is 5.82. The number of alkyl halides is 1. The van der Waals surface area contributed by atoms with Gasteiger partial charge in [-0.05, 0) is 42.6 Å². The number of benzene rings is 1. The van der Waals surface area contributed by atoms with Gasteiger partial charge in [-0.3, -0.25) is 0 Å². The summed E-state index contributed by atoms with van der Waals surface area (Å²) in [7, 11) is 3.39. The molecule has 0 aromatic heterocycles. The second kappa shape index (κ2) is 9.66. The van der Waals surface area contributed by atoms with Crippen molar-refractivity contribution in [3.05, 3.63) is 23.3 Å². The molecule has 0 spiro atoms. The molecule has 0 amide bonds. The van der Waals surface area contributed by atoms with Gasteiger partial charge >= 0.3 is 0 Å². The fourth-order valence-corrected chi connectivity index (χ4v) is 4.40. The molecular formula is C22H35ClN2O3. The number of ether oxygens (including phenoxy) is 3. The van der Waals surface area contributed by atoms with Gasteiger partial charge in [0.1, 0.15) is 0 Å². The van der Waals surface area contributed by atoms with Crippen LogP contribution in [-0.2, 0) is 10.2 Å². The fraction of sp³-hybridized carbons (Fsp3) is 0.727.